The molecular weight excluding hydrogens is 429 g/mol. The van der Waals surface area contributed by atoms with Gasteiger partial charge in [0.15, 0.2) is 0 Å². The van der Waals surface area contributed by atoms with E-state index in [0.29, 0.717) is 37.2 Å². The second-order valence-corrected chi connectivity index (χ2v) is 8.07. The summed E-state index contributed by atoms with van der Waals surface area (Å²) in [5, 5.41) is 12.4. The van der Waals surface area contributed by atoms with Crippen molar-refractivity contribution in [3.8, 4) is 0 Å². The molecule has 0 atom stereocenters. The Labute approximate surface area is 180 Å². The first-order valence-corrected chi connectivity index (χ1v) is 10.5. The van der Waals surface area contributed by atoms with Crippen LogP contribution in [0.3, 0.4) is 0 Å². The second kappa shape index (κ2) is 8.64. The van der Waals surface area contributed by atoms with Crippen LogP contribution < -0.4 is 10.2 Å². The largest absolute Gasteiger partial charge is 0.433 e. The molecule has 31 heavy (non-hydrogen) atoms. The van der Waals surface area contributed by atoms with Gasteiger partial charge in [-0.25, -0.2) is 9.97 Å². The highest BCUT2D eigenvalue weighted by Gasteiger charge is 2.33. The van der Waals surface area contributed by atoms with E-state index >= 15 is 0 Å². The van der Waals surface area contributed by atoms with Gasteiger partial charge in [-0.15, -0.1) is 11.3 Å². The van der Waals surface area contributed by atoms with Gasteiger partial charge in [-0.1, -0.05) is 0 Å². The number of aliphatic hydroxyl groups excluding tert-OH is 1. The van der Waals surface area contributed by atoms with Crippen LogP contribution in [0, 0.1) is 0 Å². The Morgan fingerprint density at radius 1 is 1.23 bits per heavy atom. The van der Waals surface area contributed by atoms with Crippen LogP contribution in [0.2, 0.25) is 0 Å². The number of amides is 1. The van der Waals surface area contributed by atoms with Gasteiger partial charge in [-0.05, 0) is 49.2 Å². The van der Waals surface area contributed by atoms with Gasteiger partial charge in [0, 0.05) is 30.4 Å². The molecule has 0 unspecified atom stereocenters. The van der Waals surface area contributed by atoms with Crippen LogP contribution in [0.4, 0.5) is 24.7 Å². The number of nitrogens with zero attached hydrogens (tertiary/aromatic N) is 3. The number of anilines is 2. The summed E-state index contributed by atoms with van der Waals surface area (Å²) in [6.07, 6.45) is -1.43. The molecule has 2 N–H and O–H groups in total. The normalized spacial score (nSPS) is 15.7. The summed E-state index contributed by atoms with van der Waals surface area (Å²) in [7, 11) is 0. The van der Waals surface area contributed by atoms with E-state index < -0.39 is 23.9 Å². The topological polar surface area (TPSA) is 78.4 Å². The Morgan fingerprint density at radius 3 is 2.74 bits per heavy atom. The smallest absolute Gasteiger partial charge is 0.393 e. The summed E-state index contributed by atoms with van der Waals surface area (Å²) >= 11 is 1.46. The molecule has 1 aliphatic heterocycles. The zero-order valence-corrected chi connectivity index (χ0v) is 17.1. The van der Waals surface area contributed by atoms with E-state index in [1.807, 2.05) is 6.07 Å². The van der Waals surface area contributed by atoms with Gasteiger partial charge < -0.3 is 15.3 Å². The van der Waals surface area contributed by atoms with E-state index in [1.165, 1.54) is 29.6 Å². The van der Waals surface area contributed by atoms with Gasteiger partial charge in [0.05, 0.1) is 21.8 Å². The molecule has 4 rings (SSSR count). The van der Waals surface area contributed by atoms with Gasteiger partial charge in [-0.3, -0.25) is 4.79 Å². The summed E-state index contributed by atoms with van der Waals surface area (Å²) in [5.41, 5.74) is 2.56. The molecule has 0 bridgehead atoms. The van der Waals surface area contributed by atoms with E-state index in [0.717, 1.165) is 16.3 Å². The van der Waals surface area contributed by atoms with Crippen molar-refractivity contribution in [3.63, 3.8) is 0 Å². The number of carbonyl (C=O) groups excluding carboxylic acids is 1. The molecule has 10 heteroatoms. The fourth-order valence-corrected chi connectivity index (χ4v) is 4.08. The minimum absolute atomic E-state index is 0.150. The molecule has 2 aromatic heterocycles. The van der Waals surface area contributed by atoms with Crippen molar-refractivity contribution in [2.24, 2.45) is 0 Å². The summed E-state index contributed by atoms with van der Waals surface area (Å²) in [5.74, 6) is -0.263. The highest BCUT2D eigenvalue weighted by Crippen LogP contribution is 2.32. The van der Waals surface area contributed by atoms with Crippen LogP contribution in [0.15, 0.2) is 41.9 Å². The Kier molecular flexibility index (Phi) is 5.92. The second-order valence-electron chi connectivity index (χ2n) is 7.18. The number of halogens is 3. The number of rotatable bonds is 4. The number of nitrogens with one attached hydrogen (secondary N) is 1. The van der Waals surface area contributed by atoms with Crippen molar-refractivity contribution in [2.45, 2.75) is 25.1 Å². The Morgan fingerprint density at radius 2 is 2.00 bits per heavy atom. The van der Waals surface area contributed by atoms with Crippen molar-refractivity contribution < 1.29 is 23.1 Å². The van der Waals surface area contributed by atoms with Gasteiger partial charge in [-0.2, -0.15) is 13.2 Å². The first-order valence-electron chi connectivity index (χ1n) is 9.63. The number of fused-ring (bicyclic) bond motifs is 1. The minimum atomic E-state index is -4.57. The fraction of sp³-hybridized carbons (Fsp3) is 0.286. The molecule has 1 aromatic carbocycles. The molecule has 1 amide bonds. The van der Waals surface area contributed by atoms with E-state index in [4.69, 9.17) is 0 Å². The quantitative estimate of drug-likeness (QED) is 0.581. The Balaban J connectivity index is 1.55. The number of thiazole rings is 1. The number of hydrogen-bond acceptors (Lipinski definition) is 6. The SMILES string of the molecule is O=C(/C=C/c1ccc(C(F)(F)F)nc1N1CCC(O)CC1)Nc1ccc2ncsc2c1. The summed E-state index contributed by atoms with van der Waals surface area (Å²) < 4.78 is 40.4. The standard InChI is InChI=1S/C21H19F3N4O2S/c22-21(23,24)18-5-1-13(20(27-18)28-9-7-15(29)8-10-28)2-6-19(30)26-14-3-4-16-17(11-14)31-12-25-16/h1-6,11-12,15,29H,7-10H2,(H,26,30)/b6-2+. The molecule has 162 valence electrons. The van der Waals surface area contributed by atoms with Crippen LogP contribution in [0.5, 0.6) is 0 Å². The molecule has 3 heterocycles. The van der Waals surface area contributed by atoms with Crippen molar-refractivity contribution in [2.75, 3.05) is 23.3 Å². The van der Waals surface area contributed by atoms with Gasteiger partial charge >= 0.3 is 6.18 Å². The van der Waals surface area contributed by atoms with Crippen LogP contribution in [0.25, 0.3) is 16.3 Å². The maximum absolute atomic E-state index is 13.2. The predicted octanol–water partition coefficient (Wildman–Crippen LogP) is 4.32. The number of hydrogen-bond donors (Lipinski definition) is 2. The number of aliphatic hydroxyl groups is 1. The Bertz CT molecular complexity index is 1120. The third kappa shape index (κ3) is 5.02. The summed E-state index contributed by atoms with van der Waals surface area (Å²) in [4.78, 5) is 22.1. The van der Waals surface area contributed by atoms with Crippen molar-refractivity contribution in [1.82, 2.24) is 9.97 Å². The molecule has 0 radical (unpaired) electrons. The molecule has 0 aliphatic carbocycles. The lowest BCUT2D eigenvalue weighted by atomic mass is 10.1. The third-order valence-electron chi connectivity index (χ3n) is 4.97. The van der Waals surface area contributed by atoms with Crippen molar-refractivity contribution in [3.05, 3.63) is 53.2 Å². The molecule has 1 saturated heterocycles. The van der Waals surface area contributed by atoms with Gasteiger partial charge in [0.25, 0.3) is 0 Å². The van der Waals surface area contributed by atoms with Crippen LogP contribution in [0.1, 0.15) is 24.1 Å². The lowest BCUT2D eigenvalue weighted by Gasteiger charge is -2.31. The van der Waals surface area contributed by atoms with Gasteiger partial charge in [0.2, 0.25) is 5.91 Å². The first kappa shape index (κ1) is 21.3. The van der Waals surface area contributed by atoms with Crippen LogP contribution in [-0.2, 0) is 11.0 Å². The van der Waals surface area contributed by atoms with Crippen molar-refractivity contribution >= 4 is 45.0 Å². The van der Waals surface area contributed by atoms with E-state index in [2.05, 4.69) is 15.3 Å². The molecular formula is C21H19F3N4O2S. The molecule has 3 aromatic rings. The zero-order chi connectivity index (χ0) is 22.0. The molecule has 0 spiro atoms. The zero-order valence-electron chi connectivity index (χ0n) is 16.3. The van der Waals surface area contributed by atoms with Crippen LogP contribution >= 0.6 is 11.3 Å². The molecule has 6 nitrogen and oxygen atoms in total. The average Bonchev–Trinajstić information content (AvgIpc) is 3.20. The lowest BCUT2D eigenvalue weighted by molar-refractivity contribution is -0.141. The van der Waals surface area contributed by atoms with E-state index in [9.17, 15) is 23.1 Å². The highest BCUT2D eigenvalue weighted by molar-refractivity contribution is 7.16. The lowest BCUT2D eigenvalue weighted by Crippen LogP contribution is -2.37. The highest BCUT2D eigenvalue weighted by atomic mass is 32.1. The summed E-state index contributed by atoms with van der Waals surface area (Å²) in [6.45, 7) is 0.773. The monoisotopic (exact) mass is 448 g/mol. The molecule has 1 aliphatic rings. The third-order valence-corrected chi connectivity index (χ3v) is 5.76. The van der Waals surface area contributed by atoms with Crippen LogP contribution in [-0.4, -0.2) is 40.2 Å². The Hall–Kier alpha value is -2.98. The number of alkyl halides is 3. The maximum atomic E-state index is 13.2. The summed E-state index contributed by atoms with van der Waals surface area (Å²) in [6, 6.07) is 7.55. The predicted molar refractivity (Wildman–Crippen MR) is 114 cm³/mol. The molecule has 1 fully saturated rings. The minimum Gasteiger partial charge on any atom is -0.393 e. The number of carbonyl (C=O) groups is 1. The number of aromatic nitrogens is 2. The average molecular weight is 448 g/mol. The fourth-order valence-electron chi connectivity index (χ4n) is 3.36. The number of piperidine rings is 1. The number of benzene rings is 1. The van der Waals surface area contributed by atoms with E-state index in [1.54, 1.807) is 22.5 Å². The molecule has 0 saturated carbocycles. The number of pyridine rings is 1. The maximum Gasteiger partial charge on any atom is 0.433 e. The van der Waals surface area contributed by atoms with Gasteiger partial charge in [0.1, 0.15) is 11.5 Å². The first-order chi connectivity index (χ1) is 14.8. The van der Waals surface area contributed by atoms with Crippen molar-refractivity contribution in [1.29, 1.82) is 0 Å². The van der Waals surface area contributed by atoms with E-state index in [-0.39, 0.29) is 5.82 Å².